The van der Waals surface area contributed by atoms with Crippen molar-refractivity contribution in [3.63, 3.8) is 0 Å². The minimum Gasteiger partial charge on any atom is -0.478 e. The molecule has 0 amide bonds. The molecule has 19 heavy (non-hydrogen) atoms. The van der Waals surface area contributed by atoms with Crippen molar-refractivity contribution < 1.29 is 14.7 Å². The quantitative estimate of drug-likeness (QED) is 0.827. The van der Waals surface area contributed by atoms with Crippen molar-refractivity contribution in [2.24, 2.45) is 0 Å². The monoisotopic (exact) mass is 257 g/mol. The van der Waals surface area contributed by atoms with Gasteiger partial charge in [-0.25, -0.2) is 4.79 Å². The Morgan fingerprint density at radius 1 is 1.37 bits per heavy atom. The highest BCUT2D eigenvalue weighted by Gasteiger charge is 2.22. The second-order valence-electron chi connectivity index (χ2n) is 4.36. The summed E-state index contributed by atoms with van der Waals surface area (Å²) in [5.41, 5.74) is 3.56. The van der Waals surface area contributed by atoms with Crippen LogP contribution in [-0.4, -0.2) is 22.3 Å². The lowest BCUT2D eigenvalue weighted by Crippen LogP contribution is -2.02. The molecule has 0 spiro atoms. The van der Waals surface area contributed by atoms with Crippen molar-refractivity contribution in [1.29, 1.82) is 0 Å². The summed E-state index contributed by atoms with van der Waals surface area (Å²) in [5, 5.41) is 9.26. The fourth-order valence-electron chi connectivity index (χ4n) is 2.33. The molecular formula is C15H15NO3. The number of aryl methyl sites for hydroxylation is 1. The number of aromatic amines is 1. The first kappa shape index (κ1) is 13.1. The van der Waals surface area contributed by atoms with Crippen LogP contribution in [0.4, 0.5) is 0 Å². The number of H-pyrrole nitrogens is 1. The minimum atomic E-state index is -1.07. The van der Waals surface area contributed by atoms with Gasteiger partial charge in [0.1, 0.15) is 0 Å². The molecule has 0 saturated carbocycles. The molecule has 0 saturated heterocycles. The predicted molar refractivity (Wildman–Crippen MR) is 72.7 cm³/mol. The fraction of sp³-hybridized carbons (Fsp3) is 0.200. The number of aromatic carboxylic acids is 1. The largest absolute Gasteiger partial charge is 0.478 e. The van der Waals surface area contributed by atoms with E-state index in [1.807, 2.05) is 38.1 Å². The lowest BCUT2D eigenvalue weighted by molar-refractivity contribution is 0.0693. The molecule has 0 unspecified atom stereocenters. The summed E-state index contributed by atoms with van der Waals surface area (Å²) in [6.45, 7) is 3.84. The molecule has 0 atom stereocenters. The number of aromatic nitrogens is 1. The summed E-state index contributed by atoms with van der Waals surface area (Å²) in [7, 11) is 0. The first-order chi connectivity index (χ1) is 9.10. The number of carboxylic acids is 1. The number of hydrogen-bond acceptors (Lipinski definition) is 2. The van der Waals surface area contributed by atoms with Crippen LogP contribution in [0.3, 0.4) is 0 Å². The summed E-state index contributed by atoms with van der Waals surface area (Å²) < 4.78 is 0. The van der Waals surface area contributed by atoms with Crippen LogP contribution in [0.15, 0.2) is 24.3 Å². The van der Waals surface area contributed by atoms with E-state index >= 15 is 0 Å². The molecule has 0 aliphatic carbocycles. The van der Waals surface area contributed by atoms with Gasteiger partial charge in [0.2, 0.25) is 0 Å². The summed E-state index contributed by atoms with van der Waals surface area (Å²) >= 11 is 0. The maximum absolute atomic E-state index is 11.3. The maximum atomic E-state index is 11.3. The van der Waals surface area contributed by atoms with Crippen molar-refractivity contribution >= 4 is 12.3 Å². The Kier molecular flexibility index (Phi) is 3.51. The molecule has 0 fully saturated rings. The third-order valence-electron chi connectivity index (χ3n) is 3.23. The number of carbonyl (C=O) groups is 2. The van der Waals surface area contributed by atoms with Gasteiger partial charge in [0.05, 0.1) is 17.0 Å². The van der Waals surface area contributed by atoms with Gasteiger partial charge in [0.25, 0.3) is 0 Å². The average Bonchev–Trinajstić information content (AvgIpc) is 2.77. The van der Waals surface area contributed by atoms with Gasteiger partial charge in [-0.2, -0.15) is 0 Å². The Hall–Kier alpha value is -2.36. The second kappa shape index (κ2) is 5.10. The lowest BCUT2D eigenvalue weighted by atomic mass is 9.99. The second-order valence-corrected chi connectivity index (χ2v) is 4.36. The Balaban J connectivity index is 2.75. The third kappa shape index (κ3) is 2.17. The summed E-state index contributed by atoms with van der Waals surface area (Å²) in [6.07, 6.45) is 1.11. The van der Waals surface area contributed by atoms with Gasteiger partial charge in [-0.15, -0.1) is 0 Å². The fourth-order valence-corrected chi connectivity index (χ4v) is 2.33. The Morgan fingerprint density at radius 3 is 2.58 bits per heavy atom. The van der Waals surface area contributed by atoms with E-state index in [1.54, 1.807) is 0 Å². The Labute approximate surface area is 111 Å². The minimum absolute atomic E-state index is 0.0794. The zero-order valence-corrected chi connectivity index (χ0v) is 10.9. The molecule has 2 rings (SSSR count). The number of benzene rings is 1. The van der Waals surface area contributed by atoms with Crippen LogP contribution in [0.25, 0.3) is 11.3 Å². The Morgan fingerprint density at radius 2 is 2.05 bits per heavy atom. The van der Waals surface area contributed by atoms with Crippen LogP contribution < -0.4 is 0 Å². The molecule has 2 aromatic rings. The van der Waals surface area contributed by atoms with Crippen LogP contribution in [0.5, 0.6) is 0 Å². The van der Waals surface area contributed by atoms with Crippen LogP contribution in [0.1, 0.15) is 38.9 Å². The van der Waals surface area contributed by atoms with Gasteiger partial charge in [-0.05, 0) is 24.5 Å². The smallest absolute Gasteiger partial charge is 0.338 e. The average molecular weight is 257 g/mol. The summed E-state index contributed by atoms with van der Waals surface area (Å²) in [6, 6.07) is 7.69. The first-order valence-corrected chi connectivity index (χ1v) is 6.09. The number of aldehydes is 1. The predicted octanol–water partition coefficient (Wildman–Crippen LogP) is 3.06. The molecule has 0 bridgehead atoms. The summed E-state index contributed by atoms with van der Waals surface area (Å²) in [5.74, 6) is -1.07. The van der Waals surface area contributed by atoms with Gasteiger partial charge in [-0.3, -0.25) is 4.79 Å². The molecule has 4 heteroatoms. The SMILES string of the molecule is CCc1c(-c2ccccc2C)[nH]c(C=O)c1C(=O)O. The maximum Gasteiger partial charge on any atom is 0.338 e. The normalized spacial score (nSPS) is 10.4. The lowest BCUT2D eigenvalue weighted by Gasteiger charge is -2.06. The van der Waals surface area contributed by atoms with Gasteiger partial charge in [-0.1, -0.05) is 31.2 Å². The molecule has 1 aromatic heterocycles. The van der Waals surface area contributed by atoms with Crippen LogP contribution in [-0.2, 0) is 6.42 Å². The van der Waals surface area contributed by atoms with Gasteiger partial charge in [0.15, 0.2) is 6.29 Å². The third-order valence-corrected chi connectivity index (χ3v) is 3.23. The van der Waals surface area contributed by atoms with Gasteiger partial charge >= 0.3 is 5.97 Å². The Bertz CT molecular complexity index is 641. The van der Waals surface area contributed by atoms with Crippen LogP contribution >= 0.6 is 0 Å². The highest BCUT2D eigenvalue weighted by atomic mass is 16.4. The molecule has 98 valence electrons. The van der Waals surface area contributed by atoms with Gasteiger partial charge in [0, 0.05) is 5.56 Å². The highest BCUT2D eigenvalue weighted by molar-refractivity contribution is 6.00. The van der Waals surface area contributed by atoms with Crippen LogP contribution in [0, 0.1) is 6.92 Å². The van der Waals surface area contributed by atoms with E-state index in [0.29, 0.717) is 18.3 Å². The summed E-state index contributed by atoms with van der Waals surface area (Å²) in [4.78, 5) is 25.3. The molecule has 0 radical (unpaired) electrons. The first-order valence-electron chi connectivity index (χ1n) is 6.09. The van der Waals surface area contributed by atoms with Crippen molar-refractivity contribution in [2.75, 3.05) is 0 Å². The van der Waals surface area contributed by atoms with E-state index in [-0.39, 0.29) is 11.3 Å². The molecular weight excluding hydrogens is 242 g/mol. The molecule has 1 aromatic carbocycles. The van der Waals surface area contributed by atoms with E-state index in [9.17, 15) is 14.7 Å². The topological polar surface area (TPSA) is 70.2 Å². The van der Waals surface area contributed by atoms with Crippen molar-refractivity contribution in [3.8, 4) is 11.3 Å². The number of carboxylic acid groups (broad SMARTS) is 1. The number of carbonyl (C=O) groups excluding carboxylic acids is 1. The zero-order chi connectivity index (χ0) is 14.0. The highest BCUT2D eigenvalue weighted by Crippen LogP contribution is 2.30. The standard InChI is InChI=1S/C15H15NO3/c1-3-10-13(15(18)19)12(8-17)16-14(10)11-7-5-4-6-9(11)2/h4-8,16H,3H2,1-2H3,(H,18,19). The van der Waals surface area contributed by atoms with Crippen molar-refractivity contribution in [1.82, 2.24) is 4.98 Å². The van der Waals surface area contributed by atoms with Crippen molar-refractivity contribution in [3.05, 3.63) is 46.6 Å². The molecule has 0 aliphatic heterocycles. The zero-order valence-electron chi connectivity index (χ0n) is 10.9. The molecule has 4 nitrogen and oxygen atoms in total. The molecule has 2 N–H and O–H groups in total. The van der Waals surface area contributed by atoms with Gasteiger partial charge < -0.3 is 10.1 Å². The van der Waals surface area contributed by atoms with E-state index in [1.165, 1.54) is 0 Å². The van der Waals surface area contributed by atoms with E-state index < -0.39 is 5.97 Å². The van der Waals surface area contributed by atoms with Crippen molar-refractivity contribution in [2.45, 2.75) is 20.3 Å². The molecule has 1 heterocycles. The van der Waals surface area contributed by atoms with E-state index in [4.69, 9.17) is 0 Å². The number of hydrogen-bond donors (Lipinski definition) is 2. The number of rotatable bonds is 4. The number of nitrogens with one attached hydrogen (secondary N) is 1. The van der Waals surface area contributed by atoms with E-state index in [2.05, 4.69) is 4.98 Å². The van der Waals surface area contributed by atoms with Crippen LogP contribution in [0.2, 0.25) is 0 Å². The molecule has 0 aliphatic rings. The van der Waals surface area contributed by atoms with E-state index in [0.717, 1.165) is 16.8 Å².